The maximum Gasteiger partial charge on any atom is 1.00 e. The Labute approximate surface area is 155 Å². The van der Waals surface area contributed by atoms with E-state index in [9.17, 15) is 8.42 Å². The Bertz CT molecular complexity index is 614. The van der Waals surface area contributed by atoms with Crippen molar-refractivity contribution < 1.29 is 44.0 Å². The van der Waals surface area contributed by atoms with Gasteiger partial charge >= 0.3 is 29.6 Å². The average Bonchev–Trinajstić information content (AvgIpc) is 2.48. The summed E-state index contributed by atoms with van der Waals surface area (Å²) in [6, 6.07) is 20.0. The summed E-state index contributed by atoms with van der Waals surface area (Å²) in [6.45, 7) is 0.508. The Morgan fingerprint density at radius 3 is 1.82 bits per heavy atom. The molecule has 0 unspecified atom stereocenters. The molecule has 0 aliphatic heterocycles. The van der Waals surface area contributed by atoms with Gasteiger partial charge in [0.2, 0.25) is 0 Å². The monoisotopic (exact) mass is 329 g/mol. The first-order valence-electron chi connectivity index (χ1n) is 6.85. The van der Waals surface area contributed by atoms with Crippen LogP contribution < -0.4 is 34.9 Å². The average molecular weight is 329 g/mol. The van der Waals surface area contributed by atoms with Crippen LogP contribution in [0.4, 0.5) is 0 Å². The topological polar surface area (TPSA) is 66.4 Å². The van der Waals surface area contributed by atoms with E-state index >= 15 is 0 Å². The molecule has 0 radical (unpaired) electrons. The fraction of sp³-hybridized carbons (Fsp3) is 0.250. The van der Waals surface area contributed by atoms with E-state index in [1.54, 1.807) is 0 Å². The maximum atomic E-state index is 10.7. The molecule has 2 rings (SSSR count). The first kappa shape index (κ1) is 19.4. The molecule has 0 aromatic heterocycles. The second-order valence-corrected chi connectivity index (χ2v) is 6.42. The fourth-order valence-electron chi connectivity index (χ4n) is 2.22. The number of nitrogens with one attached hydrogen (secondary N) is 1. The van der Waals surface area contributed by atoms with Crippen molar-refractivity contribution >= 4 is 10.1 Å². The Balaban J connectivity index is 0.00000242. The van der Waals surface area contributed by atoms with Crippen LogP contribution in [0.2, 0.25) is 0 Å². The van der Waals surface area contributed by atoms with Crippen LogP contribution in [0.15, 0.2) is 60.7 Å². The quantitative estimate of drug-likeness (QED) is 0.418. The van der Waals surface area contributed by atoms with Gasteiger partial charge in [-0.1, -0.05) is 60.7 Å². The van der Waals surface area contributed by atoms with Crippen molar-refractivity contribution in [2.75, 3.05) is 12.3 Å². The van der Waals surface area contributed by atoms with Gasteiger partial charge in [-0.25, -0.2) is 0 Å². The smallest absolute Gasteiger partial charge is 1.00 e. The SMILES string of the molecule is O=S(=O)(O)CCCNC(c1ccccc1)c1ccccc1.[H-].[Na+]. The summed E-state index contributed by atoms with van der Waals surface area (Å²) in [5.41, 5.74) is 2.24. The summed E-state index contributed by atoms with van der Waals surface area (Å²) in [6.07, 6.45) is 0.370. The third kappa shape index (κ3) is 6.60. The molecule has 0 atom stereocenters. The zero-order valence-corrected chi connectivity index (χ0v) is 15.5. The first-order chi connectivity index (χ1) is 10.1. The van der Waals surface area contributed by atoms with Crippen LogP contribution in [0, 0.1) is 0 Å². The predicted molar refractivity (Wildman–Crippen MR) is 84.9 cm³/mol. The molecule has 114 valence electrons. The molecule has 0 heterocycles. The van der Waals surface area contributed by atoms with Crippen molar-refractivity contribution in [3.05, 3.63) is 71.8 Å². The second kappa shape index (κ2) is 9.45. The Morgan fingerprint density at radius 1 is 0.955 bits per heavy atom. The van der Waals surface area contributed by atoms with E-state index < -0.39 is 10.1 Å². The van der Waals surface area contributed by atoms with Crippen LogP contribution in [-0.2, 0) is 10.1 Å². The number of benzene rings is 2. The molecule has 6 heteroatoms. The van der Waals surface area contributed by atoms with E-state index in [-0.39, 0.29) is 42.8 Å². The van der Waals surface area contributed by atoms with Gasteiger partial charge in [-0.15, -0.1) is 0 Å². The summed E-state index contributed by atoms with van der Waals surface area (Å²) in [7, 11) is -3.89. The van der Waals surface area contributed by atoms with Gasteiger partial charge in [-0.05, 0) is 24.1 Å². The van der Waals surface area contributed by atoms with E-state index in [1.807, 2.05) is 60.7 Å². The molecule has 0 aliphatic carbocycles. The Morgan fingerprint density at radius 2 is 1.41 bits per heavy atom. The summed E-state index contributed by atoms with van der Waals surface area (Å²) in [5, 5.41) is 3.35. The van der Waals surface area contributed by atoms with Crippen molar-refractivity contribution in [3.8, 4) is 0 Å². The van der Waals surface area contributed by atoms with Gasteiger partial charge in [0.25, 0.3) is 10.1 Å². The minimum absolute atomic E-state index is 0. The van der Waals surface area contributed by atoms with Crippen molar-refractivity contribution in [2.24, 2.45) is 0 Å². The zero-order valence-electron chi connectivity index (χ0n) is 13.6. The molecule has 0 fully saturated rings. The third-order valence-corrected chi connectivity index (χ3v) is 4.00. The summed E-state index contributed by atoms with van der Waals surface area (Å²) in [5.74, 6) is -0.226. The van der Waals surface area contributed by atoms with E-state index in [0.717, 1.165) is 11.1 Å². The molecule has 2 N–H and O–H groups in total. The van der Waals surface area contributed by atoms with Crippen LogP contribution in [0.25, 0.3) is 0 Å². The van der Waals surface area contributed by atoms with Crippen molar-refractivity contribution in [1.29, 1.82) is 0 Å². The van der Waals surface area contributed by atoms with Crippen molar-refractivity contribution in [1.82, 2.24) is 5.32 Å². The van der Waals surface area contributed by atoms with Crippen LogP contribution in [0.3, 0.4) is 0 Å². The van der Waals surface area contributed by atoms with E-state index in [4.69, 9.17) is 4.55 Å². The number of hydrogen-bond acceptors (Lipinski definition) is 3. The molecule has 0 aliphatic rings. The standard InChI is InChI=1S/C16H19NO3S.Na.H/c18-21(19,20)13-7-12-17-16(14-8-3-1-4-9-14)15-10-5-2-6-11-15;;/h1-6,8-11,16-17H,7,12-13H2,(H,18,19,20);;/q;+1;-1. The normalized spacial score (nSPS) is 11.2. The van der Waals surface area contributed by atoms with Gasteiger partial charge in [-0.2, -0.15) is 8.42 Å². The molecule has 2 aromatic carbocycles. The van der Waals surface area contributed by atoms with Crippen LogP contribution in [-0.4, -0.2) is 25.3 Å². The fourth-order valence-corrected chi connectivity index (χ4v) is 2.73. The van der Waals surface area contributed by atoms with Gasteiger partial charge in [0.1, 0.15) is 0 Å². The van der Waals surface area contributed by atoms with Gasteiger partial charge in [-0.3, -0.25) is 4.55 Å². The zero-order chi connectivity index (χ0) is 15.1. The Kier molecular flexibility index (Phi) is 8.31. The largest absolute Gasteiger partial charge is 1.00 e. The van der Waals surface area contributed by atoms with Crippen molar-refractivity contribution in [2.45, 2.75) is 12.5 Å². The molecule has 2 aromatic rings. The summed E-state index contributed by atoms with van der Waals surface area (Å²) < 4.78 is 30.2. The number of rotatable bonds is 7. The van der Waals surface area contributed by atoms with E-state index in [1.165, 1.54) is 0 Å². The molecule has 0 saturated carbocycles. The van der Waals surface area contributed by atoms with Gasteiger partial charge < -0.3 is 6.74 Å². The van der Waals surface area contributed by atoms with E-state index in [0.29, 0.717) is 13.0 Å². The summed E-state index contributed by atoms with van der Waals surface area (Å²) >= 11 is 0. The molecule has 0 spiro atoms. The van der Waals surface area contributed by atoms with Gasteiger partial charge in [0.05, 0.1) is 11.8 Å². The van der Waals surface area contributed by atoms with Crippen LogP contribution >= 0.6 is 0 Å². The predicted octanol–water partition coefficient (Wildman–Crippen LogP) is -0.240. The third-order valence-electron chi connectivity index (χ3n) is 3.19. The Hall–Kier alpha value is -0.690. The molecular weight excluding hydrogens is 309 g/mol. The van der Waals surface area contributed by atoms with Crippen LogP contribution in [0.5, 0.6) is 0 Å². The second-order valence-electron chi connectivity index (χ2n) is 4.85. The molecule has 0 saturated heterocycles. The molecular formula is C16H20NNaO3S. The molecule has 22 heavy (non-hydrogen) atoms. The number of hydrogen-bond donors (Lipinski definition) is 2. The first-order valence-corrected chi connectivity index (χ1v) is 8.45. The minimum atomic E-state index is -3.89. The van der Waals surface area contributed by atoms with Gasteiger partial charge in [0.15, 0.2) is 0 Å². The van der Waals surface area contributed by atoms with Crippen LogP contribution in [0.1, 0.15) is 25.0 Å². The minimum Gasteiger partial charge on any atom is -1.00 e. The summed E-state index contributed by atoms with van der Waals surface area (Å²) in [4.78, 5) is 0. The molecule has 0 bridgehead atoms. The molecule has 4 nitrogen and oxygen atoms in total. The maximum absolute atomic E-state index is 10.7. The van der Waals surface area contributed by atoms with Gasteiger partial charge in [0, 0.05) is 0 Å². The van der Waals surface area contributed by atoms with Crippen molar-refractivity contribution in [3.63, 3.8) is 0 Å². The van der Waals surface area contributed by atoms with E-state index in [2.05, 4.69) is 5.32 Å². The molecule has 0 amide bonds.